The average Bonchev–Trinajstić information content (AvgIpc) is 3.20. The minimum Gasteiger partial charge on any atom is -0.465 e. The molecule has 26 heavy (non-hydrogen) atoms. The van der Waals surface area contributed by atoms with Gasteiger partial charge in [0, 0.05) is 43.0 Å². The van der Waals surface area contributed by atoms with Crippen LogP contribution in [-0.2, 0) is 11.3 Å². The summed E-state index contributed by atoms with van der Waals surface area (Å²) in [7, 11) is 1.19. The molecular formula is C16H14N6O4. The molecule has 0 saturated heterocycles. The lowest BCUT2D eigenvalue weighted by Gasteiger charge is -2.10. The van der Waals surface area contributed by atoms with Gasteiger partial charge in [0.25, 0.3) is 0 Å². The van der Waals surface area contributed by atoms with Gasteiger partial charge in [-0.2, -0.15) is 5.10 Å². The summed E-state index contributed by atoms with van der Waals surface area (Å²) in [5.74, 6) is -0.0582. The van der Waals surface area contributed by atoms with Crippen LogP contribution in [0.1, 0.15) is 15.9 Å². The van der Waals surface area contributed by atoms with Crippen molar-refractivity contribution < 1.29 is 14.5 Å². The molecule has 0 saturated carbocycles. The Balaban J connectivity index is 1.87. The zero-order chi connectivity index (χ0) is 18.5. The molecule has 0 bridgehead atoms. The summed E-state index contributed by atoms with van der Waals surface area (Å²) in [5, 5.41) is 18.3. The third-order valence-corrected chi connectivity index (χ3v) is 3.52. The fraction of sp³-hybridized carbons (Fsp3) is 0.125. The third kappa shape index (κ3) is 3.48. The highest BCUT2D eigenvalue weighted by Gasteiger charge is 2.20. The Kier molecular flexibility index (Phi) is 4.83. The number of esters is 1. The van der Waals surface area contributed by atoms with Gasteiger partial charge >= 0.3 is 11.7 Å². The number of carbonyl (C=O) groups is 1. The molecule has 0 aromatic carbocycles. The van der Waals surface area contributed by atoms with Gasteiger partial charge < -0.3 is 10.1 Å². The second kappa shape index (κ2) is 7.38. The highest BCUT2D eigenvalue weighted by Crippen LogP contribution is 2.24. The van der Waals surface area contributed by atoms with E-state index in [9.17, 15) is 14.9 Å². The van der Waals surface area contributed by atoms with E-state index in [2.05, 4.69) is 25.1 Å². The lowest BCUT2D eigenvalue weighted by atomic mass is 10.2. The number of rotatable bonds is 6. The Morgan fingerprint density at radius 3 is 2.88 bits per heavy atom. The standard InChI is InChI=1S/C16H14N6O4/c1-26-16(23)12-8-13(22(24)25)14(19-10-12)18-9-11-4-2-5-17-15(11)21-7-3-6-20-21/h2-8,10H,9H2,1H3,(H,18,19). The van der Waals surface area contributed by atoms with Gasteiger partial charge in [-0.3, -0.25) is 10.1 Å². The van der Waals surface area contributed by atoms with E-state index in [4.69, 9.17) is 0 Å². The van der Waals surface area contributed by atoms with Crippen molar-refractivity contribution in [2.75, 3.05) is 12.4 Å². The van der Waals surface area contributed by atoms with Crippen molar-refractivity contribution in [2.24, 2.45) is 0 Å². The first kappa shape index (κ1) is 17.0. The minimum absolute atomic E-state index is 0.00311. The second-order valence-electron chi connectivity index (χ2n) is 5.13. The van der Waals surface area contributed by atoms with E-state index in [1.807, 2.05) is 6.07 Å². The first-order valence-corrected chi connectivity index (χ1v) is 7.50. The highest BCUT2D eigenvalue weighted by atomic mass is 16.6. The average molecular weight is 354 g/mol. The van der Waals surface area contributed by atoms with Crippen LogP contribution in [0.5, 0.6) is 0 Å². The Hall–Kier alpha value is -3.82. The molecule has 0 fully saturated rings. The Morgan fingerprint density at radius 1 is 1.35 bits per heavy atom. The van der Waals surface area contributed by atoms with Gasteiger partial charge in [-0.15, -0.1) is 0 Å². The molecule has 0 unspecified atom stereocenters. The number of aromatic nitrogens is 4. The van der Waals surface area contributed by atoms with Crippen LogP contribution in [0.4, 0.5) is 11.5 Å². The highest BCUT2D eigenvalue weighted by molar-refractivity contribution is 5.90. The van der Waals surface area contributed by atoms with E-state index in [0.29, 0.717) is 5.82 Å². The van der Waals surface area contributed by atoms with Crippen LogP contribution >= 0.6 is 0 Å². The Labute approximate surface area is 147 Å². The molecule has 3 aromatic rings. The molecule has 10 nitrogen and oxygen atoms in total. The predicted molar refractivity (Wildman–Crippen MR) is 90.9 cm³/mol. The van der Waals surface area contributed by atoms with Crippen molar-refractivity contribution in [1.82, 2.24) is 19.7 Å². The van der Waals surface area contributed by atoms with Crippen LogP contribution < -0.4 is 5.32 Å². The number of methoxy groups -OCH3 is 1. The number of pyridine rings is 2. The molecular weight excluding hydrogens is 340 g/mol. The van der Waals surface area contributed by atoms with Crippen LogP contribution in [0.25, 0.3) is 5.82 Å². The maximum Gasteiger partial charge on any atom is 0.339 e. The minimum atomic E-state index is -0.694. The first-order valence-electron chi connectivity index (χ1n) is 7.50. The molecule has 0 aliphatic rings. The first-order chi connectivity index (χ1) is 12.6. The smallest absolute Gasteiger partial charge is 0.339 e. The van der Waals surface area contributed by atoms with Crippen LogP contribution in [0, 0.1) is 10.1 Å². The molecule has 0 aliphatic heterocycles. The fourth-order valence-corrected chi connectivity index (χ4v) is 2.31. The van der Waals surface area contributed by atoms with Gasteiger partial charge in [0.1, 0.15) is 0 Å². The zero-order valence-electron chi connectivity index (χ0n) is 13.7. The number of anilines is 1. The SMILES string of the molecule is COC(=O)c1cnc(NCc2cccnc2-n2cccn2)c([N+](=O)[O-])c1. The summed E-state index contributed by atoms with van der Waals surface area (Å²) < 4.78 is 6.15. The number of hydrogen-bond acceptors (Lipinski definition) is 8. The van der Waals surface area contributed by atoms with Crippen molar-refractivity contribution in [3.63, 3.8) is 0 Å². The summed E-state index contributed by atoms with van der Waals surface area (Å²) in [5.41, 5.74) is 0.449. The number of nitrogens with zero attached hydrogens (tertiary/aromatic N) is 5. The lowest BCUT2D eigenvalue weighted by Crippen LogP contribution is -2.10. The summed E-state index contributed by atoms with van der Waals surface area (Å²) in [6, 6.07) is 6.47. The molecule has 0 atom stereocenters. The molecule has 0 amide bonds. The second-order valence-corrected chi connectivity index (χ2v) is 5.13. The number of ether oxygens (including phenoxy) is 1. The number of hydrogen-bond donors (Lipinski definition) is 1. The summed E-state index contributed by atoms with van der Waals surface area (Å²) in [6.07, 6.45) is 6.23. The summed E-state index contributed by atoms with van der Waals surface area (Å²) >= 11 is 0. The van der Waals surface area contributed by atoms with E-state index >= 15 is 0 Å². The maximum absolute atomic E-state index is 11.5. The van der Waals surface area contributed by atoms with E-state index in [1.165, 1.54) is 13.3 Å². The quantitative estimate of drug-likeness (QED) is 0.404. The number of carbonyl (C=O) groups excluding carboxylic acids is 1. The molecule has 1 N–H and O–H groups in total. The molecule has 10 heteroatoms. The Bertz CT molecular complexity index is 942. The van der Waals surface area contributed by atoms with E-state index in [1.54, 1.807) is 35.4 Å². The summed E-state index contributed by atoms with van der Waals surface area (Å²) in [4.78, 5) is 30.5. The number of nitrogens with one attached hydrogen (secondary N) is 1. The van der Waals surface area contributed by atoms with Gasteiger partial charge in [-0.1, -0.05) is 6.07 Å². The molecule has 0 radical (unpaired) electrons. The van der Waals surface area contributed by atoms with Gasteiger partial charge in [-0.05, 0) is 12.1 Å². The van der Waals surface area contributed by atoms with Gasteiger partial charge in [-0.25, -0.2) is 19.4 Å². The summed E-state index contributed by atoms with van der Waals surface area (Å²) in [6.45, 7) is 0.231. The van der Waals surface area contributed by atoms with Crippen molar-refractivity contribution in [2.45, 2.75) is 6.54 Å². The van der Waals surface area contributed by atoms with Crippen molar-refractivity contribution in [3.05, 3.63) is 70.3 Å². The molecule has 0 spiro atoms. The monoisotopic (exact) mass is 354 g/mol. The van der Waals surface area contributed by atoms with Gasteiger partial charge in [0.2, 0.25) is 5.82 Å². The van der Waals surface area contributed by atoms with Crippen LogP contribution in [0.3, 0.4) is 0 Å². The molecule has 132 valence electrons. The van der Waals surface area contributed by atoms with E-state index in [-0.39, 0.29) is 23.6 Å². The van der Waals surface area contributed by atoms with Gasteiger partial charge in [0.15, 0.2) is 5.82 Å². The maximum atomic E-state index is 11.5. The Morgan fingerprint density at radius 2 is 2.19 bits per heavy atom. The van der Waals surface area contributed by atoms with Crippen LogP contribution in [0.2, 0.25) is 0 Å². The third-order valence-electron chi connectivity index (χ3n) is 3.52. The van der Waals surface area contributed by atoms with Crippen LogP contribution in [0.15, 0.2) is 49.1 Å². The number of nitro groups is 1. The van der Waals surface area contributed by atoms with Gasteiger partial charge in [0.05, 0.1) is 17.6 Å². The van der Waals surface area contributed by atoms with E-state index < -0.39 is 10.9 Å². The van der Waals surface area contributed by atoms with E-state index in [0.717, 1.165) is 11.6 Å². The lowest BCUT2D eigenvalue weighted by molar-refractivity contribution is -0.384. The van der Waals surface area contributed by atoms with Crippen molar-refractivity contribution >= 4 is 17.5 Å². The topological polar surface area (TPSA) is 125 Å². The van der Waals surface area contributed by atoms with Crippen LogP contribution in [-0.4, -0.2) is 37.8 Å². The largest absolute Gasteiger partial charge is 0.465 e. The van der Waals surface area contributed by atoms with Crippen molar-refractivity contribution in [3.8, 4) is 5.82 Å². The van der Waals surface area contributed by atoms with Crippen molar-refractivity contribution in [1.29, 1.82) is 0 Å². The molecule has 3 aromatic heterocycles. The zero-order valence-corrected chi connectivity index (χ0v) is 13.7. The fourth-order valence-electron chi connectivity index (χ4n) is 2.31. The molecule has 0 aliphatic carbocycles. The molecule has 3 heterocycles. The molecule has 3 rings (SSSR count). The normalized spacial score (nSPS) is 10.3. The predicted octanol–water partition coefficient (Wildman–Crippen LogP) is 1.97.